The van der Waals surface area contributed by atoms with Crippen molar-refractivity contribution in [2.24, 2.45) is 5.84 Å². The van der Waals surface area contributed by atoms with Crippen LogP contribution in [0.2, 0.25) is 5.02 Å². The van der Waals surface area contributed by atoms with Gasteiger partial charge in [0.05, 0.1) is 5.02 Å². The second-order valence-corrected chi connectivity index (χ2v) is 4.14. The van der Waals surface area contributed by atoms with Gasteiger partial charge >= 0.3 is 6.18 Å². The van der Waals surface area contributed by atoms with Crippen molar-refractivity contribution < 1.29 is 22.3 Å². The fourth-order valence-corrected chi connectivity index (χ4v) is 1.46. The minimum absolute atomic E-state index is 0.0771. The lowest BCUT2D eigenvalue weighted by atomic mass is 10.3. The summed E-state index contributed by atoms with van der Waals surface area (Å²) in [5.41, 5.74) is 1.96. The van der Waals surface area contributed by atoms with Crippen molar-refractivity contribution in [2.45, 2.75) is 6.18 Å². The number of nitrogens with one attached hydrogen (secondary N) is 1. The van der Waals surface area contributed by atoms with E-state index in [0.29, 0.717) is 0 Å². The highest BCUT2D eigenvalue weighted by atomic mass is 35.5. The Kier molecular flexibility index (Phi) is 4.14. The fraction of sp³-hybridized carbons (Fsp3) is 0.0909. The minimum Gasteiger partial charge on any atom is -0.439 e. The SMILES string of the molecule is NNc1cc(Oc2ccc(Cl)c(F)c2)nc(C(F)(F)F)n1. The molecule has 0 atom stereocenters. The lowest BCUT2D eigenvalue weighted by Crippen LogP contribution is -2.16. The standard InChI is InChI=1S/C11H7ClF4N4O/c12-6-2-1-5(3-7(6)13)21-9-4-8(20-17)18-10(19-9)11(14,15)16/h1-4H,17H2,(H,18,19,20). The van der Waals surface area contributed by atoms with Crippen LogP contribution in [0, 0.1) is 5.82 Å². The molecule has 0 radical (unpaired) electrons. The molecule has 1 aromatic heterocycles. The number of benzene rings is 1. The smallest absolute Gasteiger partial charge is 0.439 e. The van der Waals surface area contributed by atoms with Gasteiger partial charge in [-0.05, 0) is 12.1 Å². The van der Waals surface area contributed by atoms with Gasteiger partial charge in [0.25, 0.3) is 0 Å². The number of rotatable bonds is 3. The summed E-state index contributed by atoms with van der Waals surface area (Å²) in [5, 5.41) is -0.148. The number of alkyl halides is 3. The van der Waals surface area contributed by atoms with Crippen molar-refractivity contribution in [3.05, 3.63) is 40.9 Å². The molecule has 112 valence electrons. The molecule has 1 heterocycles. The molecule has 2 rings (SSSR count). The van der Waals surface area contributed by atoms with E-state index >= 15 is 0 Å². The molecule has 3 N–H and O–H groups in total. The van der Waals surface area contributed by atoms with Crippen LogP contribution in [0.15, 0.2) is 24.3 Å². The molecule has 21 heavy (non-hydrogen) atoms. The van der Waals surface area contributed by atoms with Crippen molar-refractivity contribution in [2.75, 3.05) is 5.43 Å². The average Bonchev–Trinajstić information content (AvgIpc) is 2.41. The van der Waals surface area contributed by atoms with E-state index in [2.05, 4.69) is 9.97 Å². The zero-order valence-corrected chi connectivity index (χ0v) is 10.8. The number of hydrogen-bond acceptors (Lipinski definition) is 5. The Balaban J connectivity index is 2.36. The summed E-state index contributed by atoms with van der Waals surface area (Å²) in [6, 6.07) is 4.41. The molecular formula is C11H7ClF4N4O. The number of hydrazine groups is 1. The number of nitrogens with zero attached hydrogens (tertiary/aromatic N) is 2. The van der Waals surface area contributed by atoms with E-state index < -0.39 is 23.7 Å². The van der Waals surface area contributed by atoms with Crippen LogP contribution < -0.4 is 16.0 Å². The normalized spacial score (nSPS) is 11.3. The first kappa shape index (κ1) is 15.3. The van der Waals surface area contributed by atoms with Crippen LogP contribution in [-0.4, -0.2) is 9.97 Å². The predicted octanol–water partition coefficient (Wildman–Crippen LogP) is 3.37. The second kappa shape index (κ2) is 5.70. The molecule has 0 amide bonds. The van der Waals surface area contributed by atoms with E-state index in [9.17, 15) is 17.6 Å². The monoisotopic (exact) mass is 322 g/mol. The number of aromatic nitrogens is 2. The molecule has 1 aromatic carbocycles. The molecule has 0 bridgehead atoms. The maximum atomic E-state index is 13.2. The lowest BCUT2D eigenvalue weighted by Gasteiger charge is -2.10. The maximum Gasteiger partial charge on any atom is 0.451 e. The van der Waals surface area contributed by atoms with Crippen molar-refractivity contribution in [3.8, 4) is 11.6 Å². The number of hydrogen-bond donors (Lipinski definition) is 2. The zero-order valence-electron chi connectivity index (χ0n) is 10.1. The van der Waals surface area contributed by atoms with Gasteiger partial charge < -0.3 is 10.2 Å². The third-order valence-corrected chi connectivity index (χ3v) is 2.52. The second-order valence-electron chi connectivity index (χ2n) is 3.74. The van der Waals surface area contributed by atoms with Crippen molar-refractivity contribution in [1.82, 2.24) is 9.97 Å². The topological polar surface area (TPSA) is 73.1 Å². The van der Waals surface area contributed by atoms with Crippen LogP contribution in [0.4, 0.5) is 23.4 Å². The molecule has 0 saturated heterocycles. The van der Waals surface area contributed by atoms with Crippen LogP contribution in [0.25, 0.3) is 0 Å². The van der Waals surface area contributed by atoms with Gasteiger partial charge in [0.15, 0.2) is 0 Å². The van der Waals surface area contributed by atoms with Gasteiger partial charge in [0, 0.05) is 12.1 Å². The van der Waals surface area contributed by atoms with Crippen LogP contribution >= 0.6 is 11.6 Å². The summed E-state index contributed by atoms with van der Waals surface area (Å²) < 4.78 is 56.1. The van der Waals surface area contributed by atoms with E-state index in [4.69, 9.17) is 22.2 Å². The highest BCUT2D eigenvalue weighted by molar-refractivity contribution is 6.30. The minimum atomic E-state index is -4.78. The lowest BCUT2D eigenvalue weighted by molar-refractivity contribution is -0.145. The predicted molar refractivity (Wildman–Crippen MR) is 66.3 cm³/mol. The molecule has 0 aliphatic rings. The van der Waals surface area contributed by atoms with Crippen LogP contribution in [0.1, 0.15) is 5.82 Å². The van der Waals surface area contributed by atoms with Gasteiger partial charge in [-0.15, -0.1) is 0 Å². The summed E-state index contributed by atoms with van der Waals surface area (Å²) in [7, 11) is 0. The highest BCUT2D eigenvalue weighted by Crippen LogP contribution is 2.31. The molecule has 0 spiro atoms. The first-order valence-corrected chi connectivity index (χ1v) is 5.73. The molecule has 0 unspecified atom stereocenters. The number of nitrogen functional groups attached to an aromatic ring is 1. The van der Waals surface area contributed by atoms with Crippen LogP contribution in [0.5, 0.6) is 11.6 Å². The number of nitrogens with two attached hydrogens (primary N) is 1. The van der Waals surface area contributed by atoms with Gasteiger partial charge in [0.1, 0.15) is 17.4 Å². The Bertz CT molecular complexity index is 665. The zero-order chi connectivity index (χ0) is 15.6. The number of halogens is 5. The van der Waals surface area contributed by atoms with Gasteiger partial charge in [-0.1, -0.05) is 11.6 Å². The van der Waals surface area contributed by atoms with Gasteiger partial charge in [0.2, 0.25) is 11.7 Å². The molecule has 2 aromatic rings. The van der Waals surface area contributed by atoms with Gasteiger partial charge in [-0.2, -0.15) is 18.2 Å². The number of ether oxygens (including phenoxy) is 1. The average molecular weight is 323 g/mol. The molecule has 0 fully saturated rings. The molecule has 0 aliphatic heterocycles. The van der Waals surface area contributed by atoms with Gasteiger partial charge in [-0.3, -0.25) is 0 Å². The van der Waals surface area contributed by atoms with Crippen molar-refractivity contribution in [1.29, 1.82) is 0 Å². The first-order chi connectivity index (χ1) is 9.79. The molecular weight excluding hydrogens is 316 g/mol. The Hall–Kier alpha value is -2.13. The molecule has 5 nitrogen and oxygen atoms in total. The molecule has 0 saturated carbocycles. The van der Waals surface area contributed by atoms with Crippen molar-refractivity contribution in [3.63, 3.8) is 0 Å². The van der Waals surface area contributed by atoms with Crippen LogP contribution in [0.3, 0.4) is 0 Å². The quantitative estimate of drug-likeness (QED) is 0.515. The van der Waals surface area contributed by atoms with E-state index in [1.165, 1.54) is 12.1 Å². The summed E-state index contributed by atoms with van der Waals surface area (Å²) >= 11 is 5.48. The summed E-state index contributed by atoms with van der Waals surface area (Å²) in [6.45, 7) is 0. The molecule has 0 aliphatic carbocycles. The Morgan fingerprint density at radius 1 is 1.19 bits per heavy atom. The third-order valence-electron chi connectivity index (χ3n) is 2.22. The largest absolute Gasteiger partial charge is 0.451 e. The maximum absolute atomic E-state index is 13.2. The fourth-order valence-electron chi connectivity index (χ4n) is 1.34. The van der Waals surface area contributed by atoms with E-state index in [-0.39, 0.29) is 16.6 Å². The Morgan fingerprint density at radius 3 is 2.48 bits per heavy atom. The van der Waals surface area contributed by atoms with E-state index in [0.717, 1.165) is 12.1 Å². The third kappa shape index (κ3) is 3.70. The van der Waals surface area contributed by atoms with Crippen molar-refractivity contribution >= 4 is 17.4 Å². The summed E-state index contributed by atoms with van der Waals surface area (Å²) in [5.74, 6) is 1.97. The van der Waals surface area contributed by atoms with E-state index in [1.54, 1.807) is 0 Å². The first-order valence-electron chi connectivity index (χ1n) is 5.35. The van der Waals surface area contributed by atoms with Gasteiger partial charge in [-0.25, -0.2) is 15.2 Å². The Labute approximate surface area is 120 Å². The summed E-state index contributed by atoms with van der Waals surface area (Å²) in [4.78, 5) is 6.34. The van der Waals surface area contributed by atoms with E-state index in [1.807, 2.05) is 5.43 Å². The van der Waals surface area contributed by atoms with Crippen LogP contribution in [-0.2, 0) is 6.18 Å². The highest BCUT2D eigenvalue weighted by Gasteiger charge is 2.35. The Morgan fingerprint density at radius 2 is 1.90 bits per heavy atom. The number of anilines is 1. The summed E-state index contributed by atoms with van der Waals surface area (Å²) in [6.07, 6.45) is -4.78. The molecule has 10 heteroatoms.